The van der Waals surface area contributed by atoms with E-state index in [1.165, 1.54) is 0 Å². The highest BCUT2D eigenvalue weighted by Crippen LogP contribution is 2.32. The predicted octanol–water partition coefficient (Wildman–Crippen LogP) is 2.72. The van der Waals surface area contributed by atoms with Gasteiger partial charge in [0.25, 0.3) is 0 Å². The number of hydrogen-bond donors (Lipinski definition) is 2. The number of aromatic nitrogens is 2. The first kappa shape index (κ1) is 19.5. The molecule has 0 amide bonds. The molecular weight excluding hydrogens is 372 g/mol. The monoisotopic (exact) mass is 398 g/mol. The van der Waals surface area contributed by atoms with E-state index in [0.29, 0.717) is 18.8 Å². The smallest absolute Gasteiger partial charge is 0.325 e. The van der Waals surface area contributed by atoms with Gasteiger partial charge in [0.05, 0.1) is 12.8 Å². The number of rotatable bonds is 6. The normalized spacial score (nSPS) is 16.9. The highest BCUT2D eigenvalue weighted by atomic mass is 16.5. The Morgan fingerprint density at radius 3 is 2.69 bits per heavy atom. The van der Waals surface area contributed by atoms with Crippen molar-refractivity contribution in [1.82, 2.24) is 19.9 Å². The Morgan fingerprint density at radius 2 is 2.07 bits per heavy atom. The molecule has 1 aliphatic heterocycles. The van der Waals surface area contributed by atoms with Crippen molar-refractivity contribution in [2.45, 2.75) is 26.4 Å². The summed E-state index contributed by atoms with van der Waals surface area (Å²) in [7, 11) is 1.61. The number of carboxylic acid groups (broad SMARTS) is 1. The Hall–Kier alpha value is -2.84. The number of aliphatic carboxylic acids is 1. The van der Waals surface area contributed by atoms with E-state index in [0.717, 1.165) is 53.1 Å². The van der Waals surface area contributed by atoms with Crippen molar-refractivity contribution >= 4 is 16.9 Å². The van der Waals surface area contributed by atoms with Gasteiger partial charge in [-0.05, 0) is 32.0 Å². The number of methoxy groups -OCH3 is 1. The predicted molar refractivity (Wildman–Crippen MR) is 108 cm³/mol. The summed E-state index contributed by atoms with van der Waals surface area (Å²) in [4.78, 5) is 19.7. The maximum absolute atomic E-state index is 12.2. The number of nitrogens with one attached hydrogen (secondary N) is 1. The molecule has 1 saturated heterocycles. The minimum Gasteiger partial charge on any atom is -0.497 e. The molecule has 154 valence electrons. The van der Waals surface area contributed by atoms with E-state index in [1.54, 1.807) is 13.3 Å². The topological polar surface area (TPSA) is 94.8 Å². The average molecular weight is 398 g/mol. The number of aryl methyl sites for hydroxylation is 2. The molecule has 8 heteroatoms. The van der Waals surface area contributed by atoms with E-state index in [-0.39, 0.29) is 0 Å². The van der Waals surface area contributed by atoms with Crippen molar-refractivity contribution in [3.05, 3.63) is 47.0 Å². The molecular formula is C21H26N4O4. The fourth-order valence-corrected chi connectivity index (χ4v) is 4.09. The third-order valence-electron chi connectivity index (χ3n) is 5.78. The summed E-state index contributed by atoms with van der Waals surface area (Å²) in [5.74, 6) is 0.723. The summed E-state index contributed by atoms with van der Waals surface area (Å²) in [6, 6.07) is 4.98. The van der Waals surface area contributed by atoms with Crippen molar-refractivity contribution in [1.29, 1.82) is 0 Å². The molecule has 0 aliphatic carbocycles. The number of ether oxygens (including phenoxy) is 1. The van der Waals surface area contributed by atoms with E-state index in [2.05, 4.69) is 15.0 Å². The van der Waals surface area contributed by atoms with Crippen LogP contribution in [0, 0.1) is 13.8 Å². The Bertz CT molecular complexity index is 998. The zero-order valence-corrected chi connectivity index (χ0v) is 16.9. The molecule has 0 spiro atoms. The standard InChI is InChI=1S/C21H26N4O4/c1-13-18(14(2)29-23-13)12-24-6-8-25(9-7-24)20(21(26)27)17-11-22-19-5-4-15(28-3)10-16(17)19/h4-5,10-11,20,22H,6-9,12H2,1-3H3,(H,26,27)/t20-/m1/s1. The number of hydrogen-bond acceptors (Lipinski definition) is 6. The first-order valence-corrected chi connectivity index (χ1v) is 9.74. The summed E-state index contributed by atoms with van der Waals surface area (Å²) in [5.41, 5.74) is 3.72. The minimum absolute atomic E-state index is 0.678. The molecule has 2 aromatic heterocycles. The molecule has 0 bridgehead atoms. The van der Waals surface area contributed by atoms with Crippen LogP contribution in [0.4, 0.5) is 0 Å². The molecule has 0 saturated carbocycles. The lowest BCUT2D eigenvalue weighted by Crippen LogP contribution is -2.48. The van der Waals surface area contributed by atoms with Crippen LogP contribution in [0.15, 0.2) is 28.9 Å². The number of benzene rings is 1. The van der Waals surface area contributed by atoms with Crippen LogP contribution in [0.25, 0.3) is 10.9 Å². The van der Waals surface area contributed by atoms with E-state index < -0.39 is 12.0 Å². The Kier molecular flexibility index (Phi) is 5.29. The van der Waals surface area contributed by atoms with E-state index in [1.807, 2.05) is 36.9 Å². The van der Waals surface area contributed by atoms with Gasteiger partial charge >= 0.3 is 5.97 Å². The lowest BCUT2D eigenvalue weighted by atomic mass is 10.0. The van der Waals surface area contributed by atoms with Gasteiger partial charge in [-0.2, -0.15) is 0 Å². The Balaban J connectivity index is 1.52. The second-order valence-electron chi connectivity index (χ2n) is 7.51. The first-order chi connectivity index (χ1) is 14.0. The summed E-state index contributed by atoms with van der Waals surface area (Å²) < 4.78 is 10.6. The molecule has 1 aromatic carbocycles. The van der Waals surface area contributed by atoms with E-state index in [4.69, 9.17) is 9.26 Å². The van der Waals surface area contributed by atoms with Crippen LogP contribution < -0.4 is 4.74 Å². The fourth-order valence-electron chi connectivity index (χ4n) is 4.09. The van der Waals surface area contributed by atoms with Gasteiger partial charge in [0.2, 0.25) is 0 Å². The zero-order chi connectivity index (χ0) is 20.5. The fraction of sp³-hybridized carbons (Fsp3) is 0.429. The van der Waals surface area contributed by atoms with Crippen molar-refractivity contribution in [2.24, 2.45) is 0 Å². The van der Waals surface area contributed by atoms with Crippen molar-refractivity contribution in [2.75, 3.05) is 33.3 Å². The molecule has 3 aromatic rings. The summed E-state index contributed by atoms with van der Waals surface area (Å²) in [6.07, 6.45) is 1.80. The van der Waals surface area contributed by atoms with Crippen LogP contribution in [-0.2, 0) is 11.3 Å². The number of carboxylic acids is 1. The lowest BCUT2D eigenvalue weighted by molar-refractivity contribution is -0.144. The lowest BCUT2D eigenvalue weighted by Gasteiger charge is -2.37. The average Bonchev–Trinajstić information content (AvgIpc) is 3.27. The maximum atomic E-state index is 12.2. The van der Waals surface area contributed by atoms with Crippen molar-refractivity contribution in [3.8, 4) is 5.75 Å². The molecule has 3 heterocycles. The minimum atomic E-state index is -0.840. The molecule has 1 aliphatic rings. The van der Waals surface area contributed by atoms with Crippen LogP contribution in [0.5, 0.6) is 5.75 Å². The second-order valence-corrected chi connectivity index (χ2v) is 7.51. The number of carbonyl (C=O) groups is 1. The van der Waals surface area contributed by atoms with Crippen LogP contribution in [0.1, 0.15) is 28.6 Å². The quantitative estimate of drug-likeness (QED) is 0.659. The molecule has 4 rings (SSSR count). The second kappa shape index (κ2) is 7.88. The number of fused-ring (bicyclic) bond motifs is 1. The molecule has 1 atom stereocenters. The molecule has 0 radical (unpaired) electrons. The molecule has 2 N–H and O–H groups in total. The van der Waals surface area contributed by atoms with Gasteiger partial charge in [0.1, 0.15) is 17.6 Å². The highest BCUT2D eigenvalue weighted by molar-refractivity contribution is 5.90. The van der Waals surface area contributed by atoms with E-state index >= 15 is 0 Å². The first-order valence-electron chi connectivity index (χ1n) is 9.74. The highest BCUT2D eigenvalue weighted by Gasteiger charge is 2.32. The summed E-state index contributed by atoms with van der Waals surface area (Å²) in [5, 5.41) is 14.9. The molecule has 1 fully saturated rings. The van der Waals surface area contributed by atoms with Gasteiger partial charge in [-0.3, -0.25) is 14.6 Å². The number of aromatic amines is 1. The van der Waals surface area contributed by atoms with Crippen molar-refractivity contribution in [3.63, 3.8) is 0 Å². The van der Waals surface area contributed by atoms with Gasteiger partial charge in [-0.25, -0.2) is 0 Å². The number of piperazine rings is 1. The summed E-state index contributed by atoms with van der Waals surface area (Å²) >= 11 is 0. The Morgan fingerprint density at radius 1 is 1.31 bits per heavy atom. The number of nitrogens with zero attached hydrogens (tertiary/aromatic N) is 3. The maximum Gasteiger partial charge on any atom is 0.325 e. The third kappa shape index (κ3) is 3.73. The molecule has 0 unspecified atom stereocenters. The van der Waals surface area contributed by atoms with Gasteiger partial charge < -0.3 is 19.4 Å². The summed E-state index contributed by atoms with van der Waals surface area (Å²) in [6.45, 7) is 7.59. The van der Waals surface area contributed by atoms with Crippen LogP contribution in [0.3, 0.4) is 0 Å². The van der Waals surface area contributed by atoms with Gasteiger partial charge in [0, 0.05) is 61.0 Å². The van der Waals surface area contributed by atoms with Gasteiger partial charge in [-0.15, -0.1) is 0 Å². The molecule has 8 nitrogen and oxygen atoms in total. The zero-order valence-electron chi connectivity index (χ0n) is 16.9. The number of H-pyrrole nitrogens is 1. The van der Waals surface area contributed by atoms with Gasteiger partial charge in [0.15, 0.2) is 0 Å². The SMILES string of the molecule is COc1ccc2[nH]cc([C@H](C(=O)O)N3CCN(Cc4c(C)noc4C)CC3)c2c1. The van der Waals surface area contributed by atoms with Gasteiger partial charge in [-0.1, -0.05) is 5.16 Å². The van der Waals surface area contributed by atoms with Crippen LogP contribution >= 0.6 is 0 Å². The van der Waals surface area contributed by atoms with Crippen LogP contribution in [-0.4, -0.2) is 64.3 Å². The largest absolute Gasteiger partial charge is 0.497 e. The Labute approximate surface area is 169 Å². The van der Waals surface area contributed by atoms with E-state index in [9.17, 15) is 9.90 Å². The third-order valence-corrected chi connectivity index (χ3v) is 5.78. The van der Waals surface area contributed by atoms with Crippen LogP contribution in [0.2, 0.25) is 0 Å². The molecule has 29 heavy (non-hydrogen) atoms. The van der Waals surface area contributed by atoms with Crippen molar-refractivity contribution < 1.29 is 19.2 Å².